The second-order valence-electron chi connectivity index (χ2n) is 4.79. The standard InChI is InChI=1S/C17H14N2/c1-12-8-9-19-15(10-12)17(13(2)16(19)11-18)14-6-4-3-5-7-14/h3-10H,1-2H3. The van der Waals surface area contributed by atoms with E-state index in [1.807, 2.05) is 41.8 Å². The van der Waals surface area contributed by atoms with Crippen molar-refractivity contribution in [3.8, 4) is 17.2 Å². The highest BCUT2D eigenvalue weighted by molar-refractivity contribution is 5.86. The lowest BCUT2D eigenvalue weighted by Crippen LogP contribution is -1.88. The van der Waals surface area contributed by atoms with Gasteiger partial charge in [0.15, 0.2) is 0 Å². The molecule has 2 nitrogen and oxygen atoms in total. The molecule has 2 heterocycles. The predicted octanol–water partition coefficient (Wildman–Crippen LogP) is 4.09. The van der Waals surface area contributed by atoms with Gasteiger partial charge >= 0.3 is 0 Å². The first-order valence-corrected chi connectivity index (χ1v) is 6.29. The molecule has 2 heteroatoms. The van der Waals surface area contributed by atoms with E-state index in [1.54, 1.807) is 0 Å². The molecule has 0 aliphatic carbocycles. The van der Waals surface area contributed by atoms with E-state index in [4.69, 9.17) is 0 Å². The minimum Gasteiger partial charge on any atom is -0.307 e. The third-order valence-electron chi connectivity index (χ3n) is 3.51. The molecule has 0 radical (unpaired) electrons. The SMILES string of the molecule is Cc1ccn2c(C#N)c(C)c(-c3ccccc3)c2c1. The Kier molecular flexibility index (Phi) is 2.61. The van der Waals surface area contributed by atoms with Gasteiger partial charge in [-0.05, 0) is 42.7 Å². The first-order valence-electron chi connectivity index (χ1n) is 6.29. The number of aromatic nitrogens is 1. The van der Waals surface area contributed by atoms with Gasteiger partial charge < -0.3 is 4.40 Å². The molecule has 0 amide bonds. The van der Waals surface area contributed by atoms with E-state index in [0.717, 1.165) is 22.2 Å². The van der Waals surface area contributed by atoms with Crippen LogP contribution in [0.5, 0.6) is 0 Å². The third kappa shape index (κ3) is 1.71. The Bertz CT molecular complexity index is 789. The lowest BCUT2D eigenvalue weighted by Gasteiger charge is -2.02. The van der Waals surface area contributed by atoms with Crippen LogP contribution in [0.3, 0.4) is 0 Å². The number of benzene rings is 1. The number of hydrogen-bond acceptors (Lipinski definition) is 1. The molecular weight excluding hydrogens is 232 g/mol. The van der Waals surface area contributed by atoms with Crippen molar-refractivity contribution in [3.63, 3.8) is 0 Å². The van der Waals surface area contributed by atoms with Crippen molar-refractivity contribution in [2.75, 3.05) is 0 Å². The van der Waals surface area contributed by atoms with E-state index in [-0.39, 0.29) is 0 Å². The molecule has 19 heavy (non-hydrogen) atoms. The van der Waals surface area contributed by atoms with Crippen molar-refractivity contribution in [1.82, 2.24) is 4.40 Å². The van der Waals surface area contributed by atoms with Crippen LogP contribution in [0.2, 0.25) is 0 Å². The van der Waals surface area contributed by atoms with E-state index >= 15 is 0 Å². The van der Waals surface area contributed by atoms with Crippen LogP contribution in [0.15, 0.2) is 48.7 Å². The summed E-state index contributed by atoms with van der Waals surface area (Å²) >= 11 is 0. The zero-order chi connectivity index (χ0) is 13.4. The molecule has 0 fully saturated rings. The number of nitrogens with zero attached hydrogens (tertiary/aromatic N) is 2. The van der Waals surface area contributed by atoms with Crippen LogP contribution in [0, 0.1) is 25.2 Å². The zero-order valence-electron chi connectivity index (χ0n) is 11.0. The van der Waals surface area contributed by atoms with Crippen LogP contribution >= 0.6 is 0 Å². The summed E-state index contributed by atoms with van der Waals surface area (Å²) in [5.41, 5.74) is 6.37. The van der Waals surface area contributed by atoms with Crippen molar-refractivity contribution in [2.45, 2.75) is 13.8 Å². The minimum absolute atomic E-state index is 0.717. The molecule has 2 aromatic heterocycles. The smallest absolute Gasteiger partial charge is 0.128 e. The Morgan fingerprint density at radius 1 is 1.05 bits per heavy atom. The first kappa shape index (κ1) is 11.6. The Morgan fingerprint density at radius 2 is 1.79 bits per heavy atom. The summed E-state index contributed by atoms with van der Waals surface area (Å²) in [6.45, 7) is 4.09. The molecule has 0 bridgehead atoms. The summed E-state index contributed by atoms with van der Waals surface area (Å²) in [4.78, 5) is 0. The Hall–Kier alpha value is -2.53. The number of hydrogen-bond donors (Lipinski definition) is 0. The van der Waals surface area contributed by atoms with Gasteiger partial charge in [0.25, 0.3) is 0 Å². The molecule has 0 saturated carbocycles. The fraction of sp³-hybridized carbons (Fsp3) is 0.118. The fourth-order valence-electron chi connectivity index (χ4n) is 2.59. The van der Waals surface area contributed by atoms with Crippen LogP contribution in [0.1, 0.15) is 16.8 Å². The van der Waals surface area contributed by atoms with Gasteiger partial charge in [0.2, 0.25) is 0 Å². The molecule has 3 aromatic rings. The van der Waals surface area contributed by atoms with Crippen molar-refractivity contribution >= 4 is 5.52 Å². The summed E-state index contributed by atoms with van der Waals surface area (Å²) in [7, 11) is 0. The molecule has 3 rings (SSSR count). The van der Waals surface area contributed by atoms with Gasteiger partial charge in [0, 0.05) is 11.8 Å². The number of aryl methyl sites for hydroxylation is 1. The van der Waals surface area contributed by atoms with Gasteiger partial charge in [-0.25, -0.2) is 0 Å². The largest absolute Gasteiger partial charge is 0.307 e. The second kappa shape index (κ2) is 4.29. The van der Waals surface area contributed by atoms with E-state index in [9.17, 15) is 5.26 Å². The number of fused-ring (bicyclic) bond motifs is 1. The molecule has 0 atom stereocenters. The Morgan fingerprint density at radius 3 is 2.47 bits per heavy atom. The lowest BCUT2D eigenvalue weighted by molar-refractivity contribution is 1.14. The van der Waals surface area contributed by atoms with Gasteiger partial charge in [-0.2, -0.15) is 5.26 Å². The van der Waals surface area contributed by atoms with Gasteiger partial charge in [0.1, 0.15) is 11.8 Å². The van der Waals surface area contributed by atoms with Gasteiger partial charge in [-0.3, -0.25) is 0 Å². The first-order chi connectivity index (χ1) is 9.22. The summed E-state index contributed by atoms with van der Waals surface area (Å²) in [6.07, 6.45) is 1.97. The quantitative estimate of drug-likeness (QED) is 0.635. The maximum absolute atomic E-state index is 9.38. The van der Waals surface area contributed by atoms with Crippen LogP contribution < -0.4 is 0 Å². The number of rotatable bonds is 1. The molecule has 0 N–H and O–H groups in total. The van der Waals surface area contributed by atoms with Crippen LogP contribution in [0.4, 0.5) is 0 Å². The average molecular weight is 246 g/mol. The van der Waals surface area contributed by atoms with Gasteiger partial charge in [-0.15, -0.1) is 0 Å². The minimum atomic E-state index is 0.717. The van der Waals surface area contributed by atoms with E-state index in [1.165, 1.54) is 5.56 Å². The molecule has 0 saturated heterocycles. The van der Waals surface area contributed by atoms with Crippen LogP contribution in [-0.4, -0.2) is 4.40 Å². The average Bonchev–Trinajstić information content (AvgIpc) is 2.70. The van der Waals surface area contributed by atoms with Crippen LogP contribution in [-0.2, 0) is 0 Å². The van der Waals surface area contributed by atoms with Crippen molar-refractivity contribution < 1.29 is 0 Å². The highest BCUT2D eigenvalue weighted by Crippen LogP contribution is 2.32. The van der Waals surface area contributed by atoms with Crippen molar-refractivity contribution in [2.24, 2.45) is 0 Å². The summed E-state index contributed by atoms with van der Waals surface area (Å²) in [5, 5.41) is 9.38. The van der Waals surface area contributed by atoms with E-state index in [2.05, 4.69) is 31.2 Å². The zero-order valence-corrected chi connectivity index (χ0v) is 11.0. The number of pyridine rings is 1. The third-order valence-corrected chi connectivity index (χ3v) is 3.51. The molecule has 0 aliphatic heterocycles. The summed E-state index contributed by atoms with van der Waals surface area (Å²) < 4.78 is 1.98. The van der Waals surface area contributed by atoms with E-state index < -0.39 is 0 Å². The normalized spacial score (nSPS) is 10.6. The summed E-state index contributed by atoms with van der Waals surface area (Å²) in [6, 6.07) is 16.7. The lowest BCUT2D eigenvalue weighted by atomic mass is 10.0. The predicted molar refractivity (Wildman–Crippen MR) is 77.0 cm³/mol. The maximum Gasteiger partial charge on any atom is 0.128 e. The highest BCUT2D eigenvalue weighted by Gasteiger charge is 2.15. The molecule has 0 unspecified atom stereocenters. The molecule has 92 valence electrons. The second-order valence-corrected chi connectivity index (χ2v) is 4.79. The summed E-state index contributed by atoms with van der Waals surface area (Å²) in [5.74, 6) is 0. The fourth-order valence-corrected chi connectivity index (χ4v) is 2.59. The molecule has 1 aromatic carbocycles. The van der Waals surface area contributed by atoms with Gasteiger partial charge in [-0.1, -0.05) is 30.3 Å². The maximum atomic E-state index is 9.38. The van der Waals surface area contributed by atoms with Crippen molar-refractivity contribution in [3.05, 3.63) is 65.5 Å². The molecular formula is C17H14N2. The number of nitriles is 1. The Labute approximate surface area is 112 Å². The van der Waals surface area contributed by atoms with Gasteiger partial charge in [0.05, 0.1) is 5.52 Å². The molecule has 0 aliphatic rings. The van der Waals surface area contributed by atoms with E-state index in [0.29, 0.717) is 5.69 Å². The van der Waals surface area contributed by atoms with Crippen molar-refractivity contribution in [1.29, 1.82) is 5.26 Å². The topological polar surface area (TPSA) is 28.2 Å². The Balaban J connectivity index is 2.45. The molecule has 0 spiro atoms. The van der Waals surface area contributed by atoms with Crippen LogP contribution in [0.25, 0.3) is 16.6 Å². The highest BCUT2D eigenvalue weighted by atomic mass is 14.9. The monoisotopic (exact) mass is 246 g/mol.